The largest absolute Gasteiger partial charge is 0.458 e. The van der Waals surface area contributed by atoms with E-state index in [0.29, 0.717) is 35.1 Å². The Morgan fingerprint density at radius 2 is 1.38 bits per heavy atom. The van der Waals surface area contributed by atoms with E-state index in [4.69, 9.17) is 23.7 Å². The molecule has 0 radical (unpaired) electrons. The molecule has 13 nitrogen and oxygen atoms in total. The van der Waals surface area contributed by atoms with Crippen LogP contribution in [0.25, 0.3) is 0 Å². The van der Waals surface area contributed by atoms with Crippen LogP contribution in [-0.2, 0) is 38.1 Å². The molecule has 3 aromatic carbocycles. The third kappa shape index (κ3) is 7.52. The summed E-state index contributed by atoms with van der Waals surface area (Å²) in [5.74, 6) is -4.45. The van der Waals surface area contributed by atoms with Crippen LogP contribution in [0.5, 0.6) is 0 Å². The van der Waals surface area contributed by atoms with E-state index in [2.05, 4.69) is 5.32 Å². The van der Waals surface area contributed by atoms with Gasteiger partial charge in [-0.05, 0) is 72.6 Å². The van der Waals surface area contributed by atoms with Crippen molar-refractivity contribution < 1.29 is 57.9 Å². The monoisotopic (exact) mass is 823 g/mol. The van der Waals surface area contributed by atoms with Crippen LogP contribution in [0.15, 0.2) is 102 Å². The first kappa shape index (κ1) is 42.7. The van der Waals surface area contributed by atoms with Crippen molar-refractivity contribution in [1.29, 1.82) is 0 Å². The Balaban J connectivity index is 1.34. The first-order chi connectivity index (χ1) is 28.4. The number of carbonyl (C=O) groups excluding carboxylic acids is 5. The van der Waals surface area contributed by atoms with E-state index < -0.39 is 94.3 Å². The van der Waals surface area contributed by atoms with Crippen LogP contribution < -0.4 is 5.32 Å². The molecule has 3 N–H and O–H groups in total. The number of carbonyl (C=O) groups is 5. The molecular formula is C47H53NO12. The van der Waals surface area contributed by atoms with Crippen LogP contribution in [0.4, 0.5) is 0 Å². The predicted molar refractivity (Wildman–Crippen MR) is 216 cm³/mol. The Morgan fingerprint density at radius 3 is 1.95 bits per heavy atom. The van der Waals surface area contributed by atoms with Crippen molar-refractivity contribution >= 4 is 29.8 Å². The smallest absolute Gasteiger partial charge is 0.338 e. The summed E-state index contributed by atoms with van der Waals surface area (Å²) < 4.78 is 31.2. The molecule has 3 fully saturated rings. The molecule has 1 amide bonds. The zero-order chi connectivity index (χ0) is 43.2. The van der Waals surface area contributed by atoms with Gasteiger partial charge in [0.1, 0.15) is 30.0 Å². The quantitative estimate of drug-likeness (QED) is 0.131. The molecule has 1 unspecified atom stereocenters. The van der Waals surface area contributed by atoms with Gasteiger partial charge in [-0.3, -0.25) is 14.4 Å². The van der Waals surface area contributed by atoms with Gasteiger partial charge in [0.25, 0.3) is 5.91 Å². The fraction of sp³-hybridized carbons (Fsp3) is 0.468. The predicted octanol–water partition coefficient (Wildman–Crippen LogP) is 5.59. The molecule has 4 aliphatic rings. The van der Waals surface area contributed by atoms with Gasteiger partial charge < -0.3 is 39.2 Å². The average Bonchev–Trinajstić information content (AvgIpc) is 3.20. The third-order valence-corrected chi connectivity index (χ3v) is 13.4. The minimum Gasteiger partial charge on any atom is -0.458 e. The molecule has 10 atom stereocenters. The molecule has 0 spiro atoms. The van der Waals surface area contributed by atoms with E-state index in [1.54, 1.807) is 112 Å². The van der Waals surface area contributed by atoms with Gasteiger partial charge in [0.05, 0.1) is 18.2 Å². The van der Waals surface area contributed by atoms with Gasteiger partial charge in [0, 0.05) is 37.2 Å². The van der Waals surface area contributed by atoms with Crippen LogP contribution in [0.1, 0.15) is 99.5 Å². The third-order valence-electron chi connectivity index (χ3n) is 13.4. The lowest BCUT2D eigenvalue weighted by atomic mass is 9.45. The van der Waals surface area contributed by atoms with E-state index in [-0.39, 0.29) is 25.0 Å². The summed E-state index contributed by atoms with van der Waals surface area (Å²) in [6.45, 7) is 9.77. The fourth-order valence-electron chi connectivity index (χ4n) is 10.5. The Morgan fingerprint density at radius 1 is 0.783 bits per heavy atom. The molecule has 318 valence electrons. The maximum atomic E-state index is 14.3. The molecular weight excluding hydrogens is 771 g/mol. The van der Waals surface area contributed by atoms with Gasteiger partial charge in [-0.2, -0.15) is 0 Å². The second-order valence-electron chi connectivity index (χ2n) is 17.5. The summed E-state index contributed by atoms with van der Waals surface area (Å²) in [5.41, 5.74) is -3.76. The minimum absolute atomic E-state index is 0.0342. The summed E-state index contributed by atoms with van der Waals surface area (Å²) in [6.07, 6.45) is -5.36. The SMILES string of the molecule is CC(=O)O[C@H]1C[C@]2(C)CC[C@H]3OC[C@@]3(OC(C)=O)C2[C@H](OC(=O)c2ccccc2)[C@]2(O)C[C@H](OC(=O)[C@H](O)[C@@H](NC(=O)c3ccccc3)c3ccccc3)C(C)=C1C2(C)C. The number of hydrogen-bond acceptors (Lipinski definition) is 12. The number of fused-ring (bicyclic) bond motifs is 5. The first-order valence-corrected chi connectivity index (χ1v) is 20.4. The van der Waals surface area contributed by atoms with Crippen molar-refractivity contribution in [1.82, 2.24) is 5.32 Å². The summed E-state index contributed by atoms with van der Waals surface area (Å²) in [4.78, 5) is 67.9. The van der Waals surface area contributed by atoms with E-state index in [1.165, 1.54) is 13.8 Å². The van der Waals surface area contributed by atoms with Crippen LogP contribution in [-0.4, -0.2) is 88.3 Å². The van der Waals surface area contributed by atoms with E-state index in [1.807, 2.05) is 6.92 Å². The topological polar surface area (TPSA) is 184 Å². The van der Waals surface area contributed by atoms with Crippen molar-refractivity contribution in [2.24, 2.45) is 16.7 Å². The van der Waals surface area contributed by atoms with Gasteiger partial charge >= 0.3 is 23.9 Å². The van der Waals surface area contributed by atoms with Crippen molar-refractivity contribution in [3.8, 4) is 0 Å². The van der Waals surface area contributed by atoms with Crippen LogP contribution >= 0.6 is 0 Å². The van der Waals surface area contributed by atoms with Crippen molar-refractivity contribution in [2.45, 2.75) is 115 Å². The number of amides is 1. The van der Waals surface area contributed by atoms with E-state index >= 15 is 0 Å². The second-order valence-corrected chi connectivity index (χ2v) is 17.5. The molecule has 13 heteroatoms. The number of aliphatic hydroxyl groups is 2. The summed E-state index contributed by atoms with van der Waals surface area (Å²) >= 11 is 0. The van der Waals surface area contributed by atoms with Gasteiger partial charge in [-0.1, -0.05) is 87.5 Å². The number of benzene rings is 3. The molecule has 1 saturated heterocycles. The molecule has 1 heterocycles. The lowest BCUT2D eigenvalue weighted by Crippen LogP contribution is -2.78. The maximum absolute atomic E-state index is 14.3. The fourth-order valence-corrected chi connectivity index (χ4v) is 10.5. The average molecular weight is 824 g/mol. The highest BCUT2D eigenvalue weighted by molar-refractivity contribution is 5.95. The number of esters is 4. The number of rotatable bonds is 10. The van der Waals surface area contributed by atoms with Crippen molar-refractivity contribution in [2.75, 3.05) is 6.61 Å². The van der Waals surface area contributed by atoms with Crippen LogP contribution in [0.3, 0.4) is 0 Å². The van der Waals surface area contributed by atoms with Crippen molar-refractivity contribution in [3.05, 3.63) is 119 Å². The molecule has 1 aliphatic heterocycles. The normalized spacial score (nSPS) is 31.2. The number of aliphatic hydroxyl groups excluding tert-OH is 1. The van der Waals surface area contributed by atoms with Crippen LogP contribution in [0, 0.1) is 16.7 Å². The highest BCUT2D eigenvalue weighted by Crippen LogP contribution is 2.65. The maximum Gasteiger partial charge on any atom is 0.338 e. The van der Waals surface area contributed by atoms with Crippen molar-refractivity contribution in [3.63, 3.8) is 0 Å². The van der Waals surface area contributed by atoms with Gasteiger partial charge in [-0.15, -0.1) is 0 Å². The summed E-state index contributed by atoms with van der Waals surface area (Å²) in [5, 5.41) is 28.3. The second kappa shape index (κ2) is 16.2. The Kier molecular flexibility index (Phi) is 11.6. The highest BCUT2D eigenvalue weighted by atomic mass is 16.6. The molecule has 7 rings (SSSR count). The minimum atomic E-state index is -2.10. The van der Waals surface area contributed by atoms with Gasteiger partial charge in [0.15, 0.2) is 11.7 Å². The lowest BCUT2D eigenvalue weighted by molar-refractivity contribution is -0.339. The number of nitrogens with one attached hydrogen (secondary N) is 1. The molecule has 2 saturated carbocycles. The van der Waals surface area contributed by atoms with Gasteiger partial charge in [-0.25, -0.2) is 9.59 Å². The zero-order valence-electron chi connectivity index (χ0n) is 34.7. The number of ether oxygens (including phenoxy) is 5. The number of hydrogen-bond donors (Lipinski definition) is 3. The molecule has 2 bridgehead atoms. The zero-order valence-corrected chi connectivity index (χ0v) is 34.7. The standard InChI is InChI=1S/C47H53NO12/c1-27-33(58-43(54)38(51)37(30-16-10-7-11-17-30)48-41(52)31-18-12-8-13-19-31)25-47(55)40(59-42(53)32-20-14-9-15-21-32)39-45(6,23-22-35-46(39,26-56-35)60-29(3)50)24-34(57-28(2)49)36(27)44(47,4)5/h7-21,33-35,37-40,51,55H,22-26H2,1-6H3,(H,48,52)/t33-,34-,35+,37-,38+,39?,40-,45-,46-,47+/m0/s1. The Bertz CT molecular complexity index is 2160. The van der Waals surface area contributed by atoms with Gasteiger partial charge in [0.2, 0.25) is 0 Å². The Hall–Kier alpha value is -5.37. The molecule has 3 aromatic rings. The highest BCUT2D eigenvalue weighted by Gasteiger charge is 2.74. The molecule has 3 aliphatic carbocycles. The summed E-state index contributed by atoms with van der Waals surface area (Å²) in [6, 6.07) is 23.9. The molecule has 60 heavy (non-hydrogen) atoms. The van der Waals surface area contributed by atoms with Crippen LogP contribution in [0.2, 0.25) is 0 Å². The van der Waals surface area contributed by atoms with E-state index in [9.17, 15) is 34.2 Å². The van der Waals surface area contributed by atoms with E-state index in [0.717, 1.165) is 0 Å². The lowest BCUT2D eigenvalue weighted by Gasteiger charge is -2.67. The first-order valence-electron chi connectivity index (χ1n) is 20.4. The summed E-state index contributed by atoms with van der Waals surface area (Å²) in [7, 11) is 0. The molecule has 0 aromatic heterocycles. The Labute approximate surface area is 349 Å².